The van der Waals surface area contributed by atoms with E-state index in [1.165, 1.54) is 16.2 Å². The fraction of sp³-hybridized carbons (Fsp3) is 0.174. The standard InChI is InChI=1S/C23H21NO/c1-4-15(3)24-20(5-2)18-11-8-12-19-22-17-10-7-6-9-16(17)13-14-21(22)25-23(18)19/h4,6-14H,5H2,1-3H3/b15-4-,24-20?. The van der Waals surface area contributed by atoms with Gasteiger partial charge in [0.2, 0.25) is 0 Å². The molecule has 0 spiro atoms. The van der Waals surface area contributed by atoms with Crippen LogP contribution >= 0.6 is 0 Å². The minimum Gasteiger partial charge on any atom is -0.455 e. The molecule has 0 saturated carbocycles. The van der Waals surface area contributed by atoms with Crippen LogP contribution in [-0.2, 0) is 0 Å². The van der Waals surface area contributed by atoms with Gasteiger partial charge in [-0.05, 0) is 43.2 Å². The molecule has 1 aromatic heterocycles. The van der Waals surface area contributed by atoms with E-state index in [1.54, 1.807) is 0 Å². The number of para-hydroxylation sites is 1. The van der Waals surface area contributed by atoms with Crippen molar-refractivity contribution in [2.45, 2.75) is 27.2 Å². The zero-order valence-corrected chi connectivity index (χ0v) is 14.8. The Morgan fingerprint density at radius 2 is 1.80 bits per heavy atom. The van der Waals surface area contributed by atoms with Crippen molar-refractivity contribution in [1.29, 1.82) is 0 Å². The van der Waals surface area contributed by atoms with Crippen LogP contribution in [0.25, 0.3) is 32.7 Å². The highest BCUT2D eigenvalue weighted by Crippen LogP contribution is 2.36. The van der Waals surface area contributed by atoms with E-state index in [1.807, 2.05) is 19.9 Å². The SMILES string of the molecule is C/C=C(/C)N=C(CC)c1cccc2c1oc1ccc3ccccc3c12. The van der Waals surface area contributed by atoms with Crippen molar-refractivity contribution < 1.29 is 4.42 Å². The second-order valence-corrected chi connectivity index (χ2v) is 6.29. The number of rotatable bonds is 3. The Bertz CT molecular complexity index is 1140. The number of benzene rings is 3. The molecule has 0 atom stereocenters. The van der Waals surface area contributed by atoms with Crippen molar-refractivity contribution in [1.82, 2.24) is 0 Å². The highest BCUT2D eigenvalue weighted by atomic mass is 16.3. The molecule has 0 saturated heterocycles. The Hall–Kier alpha value is -2.87. The largest absolute Gasteiger partial charge is 0.455 e. The third kappa shape index (κ3) is 2.54. The molecule has 0 unspecified atom stereocenters. The highest BCUT2D eigenvalue weighted by molar-refractivity contribution is 6.22. The fourth-order valence-electron chi connectivity index (χ4n) is 3.40. The molecule has 0 fully saturated rings. The van der Waals surface area contributed by atoms with Crippen LogP contribution in [0.2, 0.25) is 0 Å². The summed E-state index contributed by atoms with van der Waals surface area (Å²) in [6, 6.07) is 19.0. The zero-order chi connectivity index (χ0) is 17.4. The average Bonchev–Trinajstić information content (AvgIpc) is 3.05. The van der Waals surface area contributed by atoms with Gasteiger partial charge in [0.25, 0.3) is 0 Å². The van der Waals surface area contributed by atoms with E-state index >= 15 is 0 Å². The molecule has 0 radical (unpaired) electrons. The van der Waals surface area contributed by atoms with Crippen LogP contribution in [0.1, 0.15) is 32.8 Å². The summed E-state index contributed by atoms with van der Waals surface area (Å²) in [7, 11) is 0. The van der Waals surface area contributed by atoms with Crippen LogP contribution in [0.4, 0.5) is 0 Å². The van der Waals surface area contributed by atoms with Gasteiger partial charge in [-0.2, -0.15) is 0 Å². The Morgan fingerprint density at radius 3 is 2.60 bits per heavy atom. The van der Waals surface area contributed by atoms with Crippen LogP contribution in [0.15, 0.2) is 75.8 Å². The predicted octanol–water partition coefficient (Wildman–Crippen LogP) is 6.86. The van der Waals surface area contributed by atoms with Gasteiger partial charge in [-0.3, -0.25) is 4.99 Å². The van der Waals surface area contributed by atoms with E-state index in [9.17, 15) is 0 Å². The molecule has 3 aromatic carbocycles. The Kier molecular flexibility index (Phi) is 3.89. The van der Waals surface area contributed by atoms with Gasteiger partial charge in [0.1, 0.15) is 11.2 Å². The zero-order valence-electron chi connectivity index (χ0n) is 14.8. The van der Waals surface area contributed by atoms with Gasteiger partial charge >= 0.3 is 0 Å². The first-order valence-corrected chi connectivity index (χ1v) is 8.76. The van der Waals surface area contributed by atoms with Crippen molar-refractivity contribution in [2.24, 2.45) is 4.99 Å². The molecule has 0 amide bonds. The van der Waals surface area contributed by atoms with Crippen LogP contribution in [-0.4, -0.2) is 5.71 Å². The Labute approximate surface area is 147 Å². The summed E-state index contributed by atoms with van der Waals surface area (Å²) in [5.74, 6) is 0. The molecule has 2 nitrogen and oxygen atoms in total. The molecule has 0 bridgehead atoms. The van der Waals surface area contributed by atoms with Crippen LogP contribution < -0.4 is 0 Å². The summed E-state index contributed by atoms with van der Waals surface area (Å²) < 4.78 is 6.29. The van der Waals surface area contributed by atoms with Crippen LogP contribution in [0.5, 0.6) is 0 Å². The van der Waals surface area contributed by atoms with Gasteiger partial charge in [0, 0.05) is 22.0 Å². The van der Waals surface area contributed by atoms with E-state index in [-0.39, 0.29) is 0 Å². The Balaban J connectivity index is 2.09. The topological polar surface area (TPSA) is 25.5 Å². The van der Waals surface area contributed by atoms with Gasteiger partial charge in [0.15, 0.2) is 0 Å². The first kappa shape index (κ1) is 15.6. The summed E-state index contributed by atoms with van der Waals surface area (Å²) in [5, 5.41) is 4.81. The van der Waals surface area contributed by atoms with E-state index in [2.05, 4.69) is 61.5 Å². The van der Waals surface area contributed by atoms with Crippen LogP contribution in [0, 0.1) is 0 Å². The molecule has 0 N–H and O–H groups in total. The summed E-state index contributed by atoms with van der Waals surface area (Å²) in [4.78, 5) is 4.78. The number of aliphatic imine (C=N–C) groups is 1. The maximum absolute atomic E-state index is 6.29. The maximum atomic E-state index is 6.29. The fourth-order valence-corrected chi connectivity index (χ4v) is 3.40. The van der Waals surface area contributed by atoms with Crippen LogP contribution in [0.3, 0.4) is 0 Å². The summed E-state index contributed by atoms with van der Waals surface area (Å²) in [5.41, 5.74) is 5.03. The second kappa shape index (κ2) is 6.21. The first-order chi connectivity index (χ1) is 12.2. The monoisotopic (exact) mass is 327 g/mol. The second-order valence-electron chi connectivity index (χ2n) is 6.29. The van der Waals surface area contributed by atoms with Gasteiger partial charge in [-0.25, -0.2) is 0 Å². The molecule has 0 aliphatic rings. The van der Waals surface area contributed by atoms with E-state index < -0.39 is 0 Å². The summed E-state index contributed by atoms with van der Waals surface area (Å²) in [6.45, 7) is 6.18. The molecule has 124 valence electrons. The van der Waals surface area contributed by atoms with E-state index in [0.29, 0.717) is 0 Å². The first-order valence-electron chi connectivity index (χ1n) is 8.76. The lowest BCUT2D eigenvalue weighted by Gasteiger charge is -2.05. The number of allylic oxidation sites excluding steroid dienone is 2. The van der Waals surface area contributed by atoms with Crippen molar-refractivity contribution in [3.05, 3.63) is 71.9 Å². The number of nitrogens with zero attached hydrogens (tertiary/aromatic N) is 1. The highest BCUT2D eigenvalue weighted by Gasteiger charge is 2.15. The molecule has 0 aliphatic heterocycles. The molecule has 4 aromatic rings. The van der Waals surface area contributed by atoms with Gasteiger partial charge in [-0.15, -0.1) is 0 Å². The summed E-state index contributed by atoms with van der Waals surface area (Å²) in [6.07, 6.45) is 2.89. The quantitative estimate of drug-likeness (QED) is 0.377. The Morgan fingerprint density at radius 1 is 1.00 bits per heavy atom. The molecular weight excluding hydrogens is 306 g/mol. The van der Waals surface area contributed by atoms with Crippen molar-refractivity contribution in [2.75, 3.05) is 0 Å². The number of fused-ring (bicyclic) bond motifs is 5. The third-order valence-electron chi connectivity index (χ3n) is 4.76. The maximum Gasteiger partial charge on any atom is 0.144 e. The molecule has 25 heavy (non-hydrogen) atoms. The molecular formula is C23H21NO. The smallest absolute Gasteiger partial charge is 0.144 e. The van der Waals surface area contributed by atoms with Gasteiger partial charge < -0.3 is 4.42 Å². The molecule has 0 aliphatic carbocycles. The van der Waals surface area contributed by atoms with Crippen molar-refractivity contribution >= 4 is 38.4 Å². The number of hydrogen-bond acceptors (Lipinski definition) is 2. The molecule has 4 rings (SSSR count). The minimum absolute atomic E-state index is 0.863. The average molecular weight is 327 g/mol. The minimum atomic E-state index is 0.863. The molecule has 2 heteroatoms. The third-order valence-corrected chi connectivity index (χ3v) is 4.76. The van der Waals surface area contributed by atoms with Gasteiger partial charge in [0.05, 0.1) is 5.71 Å². The lowest BCUT2D eigenvalue weighted by molar-refractivity contribution is 0.668. The van der Waals surface area contributed by atoms with Crippen molar-refractivity contribution in [3.63, 3.8) is 0 Å². The van der Waals surface area contributed by atoms with E-state index in [4.69, 9.17) is 9.41 Å². The van der Waals surface area contributed by atoms with E-state index in [0.717, 1.165) is 39.9 Å². The van der Waals surface area contributed by atoms with Crippen molar-refractivity contribution in [3.8, 4) is 0 Å². The lowest BCUT2D eigenvalue weighted by atomic mass is 10.0. The number of furan rings is 1. The molecule has 1 heterocycles. The van der Waals surface area contributed by atoms with Gasteiger partial charge in [-0.1, -0.05) is 55.5 Å². The number of hydrogen-bond donors (Lipinski definition) is 0. The normalized spacial score (nSPS) is 13.2. The summed E-state index contributed by atoms with van der Waals surface area (Å²) >= 11 is 0. The predicted molar refractivity (Wildman–Crippen MR) is 107 cm³/mol. The lowest BCUT2D eigenvalue weighted by Crippen LogP contribution is -1.99.